The quantitative estimate of drug-likeness (QED) is 0.788. The molecule has 5 nitrogen and oxygen atoms in total. The van der Waals surface area contributed by atoms with Gasteiger partial charge in [0.25, 0.3) is 0 Å². The number of amides is 2. The van der Waals surface area contributed by atoms with E-state index in [2.05, 4.69) is 12.2 Å². The number of carboxylic acid groups (broad SMARTS) is 1. The molecular formula is C12H22N2O3. The van der Waals surface area contributed by atoms with Crippen LogP contribution in [0.5, 0.6) is 0 Å². The Morgan fingerprint density at radius 1 is 1.41 bits per heavy atom. The smallest absolute Gasteiger partial charge is 0.326 e. The number of carbonyl (C=O) groups excluding carboxylic acids is 1. The topological polar surface area (TPSA) is 69.6 Å². The van der Waals surface area contributed by atoms with Crippen LogP contribution in [0.2, 0.25) is 0 Å². The molecule has 98 valence electrons. The Kier molecular flexibility index (Phi) is 4.78. The maximum Gasteiger partial charge on any atom is 0.326 e. The van der Waals surface area contributed by atoms with E-state index in [4.69, 9.17) is 5.11 Å². The van der Waals surface area contributed by atoms with Gasteiger partial charge in [-0.1, -0.05) is 20.8 Å². The summed E-state index contributed by atoms with van der Waals surface area (Å²) in [4.78, 5) is 24.6. The molecule has 1 heterocycles. The minimum atomic E-state index is -0.974. The molecule has 0 bridgehead atoms. The Morgan fingerprint density at radius 3 is 2.53 bits per heavy atom. The van der Waals surface area contributed by atoms with Gasteiger partial charge in [0.15, 0.2) is 0 Å². The van der Waals surface area contributed by atoms with Crippen molar-refractivity contribution in [3.8, 4) is 0 Å². The van der Waals surface area contributed by atoms with E-state index in [0.29, 0.717) is 5.92 Å². The van der Waals surface area contributed by atoms with E-state index in [1.54, 1.807) is 18.7 Å². The van der Waals surface area contributed by atoms with E-state index >= 15 is 0 Å². The number of rotatable bonds is 3. The minimum Gasteiger partial charge on any atom is -0.480 e. The SMILES string of the molecule is CC1CCCN(C(=O)N[C@H](C(=O)O)C(C)C)C1. The fraction of sp³-hybridized carbons (Fsp3) is 0.833. The highest BCUT2D eigenvalue weighted by molar-refractivity contribution is 5.82. The number of nitrogens with zero attached hydrogens (tertiary/aromatic N) is 1. The summed E-state index contributed by atoms with van der Waals surface area (Å²) in [5.74, 6) is -0.589. The molecule has 1 rings (SSSR count). The summed E-state index contributed by atoms with van der Waals surface area (Å²) in [7, 11) is 0. The molecule has 0 aromatic rings. The van der Waals surface area contributed by atoms with Crippen molar-refractivity contribution < 1.29 is 14.7 Å². The molecule has 0 saturated carbocycles. The molecule has 2 N–H and O–H groups in total. The van der Waals surface area contributed by atoms with E-state index in [1.165, 1.54) is 0 Å². The summed E-state index contributed by atoms with van der Waals surface area (Å²) in [5.41, 5.74) is 0. The number of nitrogens with one attached hydrogen (secondary N) is 1. The number of hydrogen-bond acceptors (Lipinski definition) is 2. The second-order valence-electron chi connectivity index (χ2n) is 5.20. The number of carbonyl (C=O) groups is 2. The van der Waals surface area contributed by atoms with Crippen LogP contribution >= 0.6 is 0 Å². The number of likely N-dealkylation sites (tertiary alicyclic amines) is 1. The lowest BCUT2D eigenvalue weighted by Gasteiger charge is -2.32. The number of carboxylic acids is 1. The maximum absolute atomic E-state index is 11.9. The van der Waals surface area contributed by atoms with Gasteiger partial charge in [0.2, 0.25) is 0 Å². The molecule has 0 spiro atoms. The Hall–Kier alpha value is -1.26. The molecule has 1 unspecified atom stereocenters. The molecule has 0 aromatic carbocycles. The van der Waals surface area contributed by atoms with Crippen molar-refractivity contribution in [2.75, 3.05) is 13.1 Å². The summed E-state index contributed by atoms with van der Waals surface area (Å²) in [6.07, 6.45) is 2.13. The molecule has 5 heteroatoms. The van der Waals surface area contributed by atoms with Gasteiger partial charge in [-0.25, -0.2) is 9.59 Å². The molecule has 2 amide bonds. The number of hydrogen-bond donors (Lipinski definition) is 2. The first-order valence-electron chi connectivity index (χ1n) is 6.20. The monoisotopic (exact) mass is 242 g/mol. The number of aliphatic carboxylic acids is 1. The van der Waals surface area contributed by atoms with Crippen molar-refractivity contribution >= 4 is 12.0 Å². The van der Waals surface area contributed by atoms with E-state index in [9.17, 15) is 9.59 Å². The van der Waals surface area contributed by atoms with Gasteiger partial charge in [-0.15, -0.1) is 0 Å². The first-order chi connectivity index (χ1) is 7.91. The van der Waals surface area contributed by atoms with Gasteiger partial charge in [0.1, 0.15) is 6.04 Å². The fourth-order valence-electron chi connectivity index (χ4n) is 2.11. The second kappa shape index (κ2) is 5.89. The second-order valence-corrected chi connectivity index (χ2v) is 5.20. The lowest BCUT2D eigenvalue weighted by Crippen LogP contribution is -2.52. The summed E-state index contributed by atoms with van der Waals surface area (Å²) in [5, 5.41) is 11.6. The van der Waals surface area contributed by atoms with Crippen molar-refractivity contribution in [1.82, 2.24) is 10.2 Å². The van der Waals surface area contributed by atoms with Crippen LogP contribution in [0.25, 0.3) is 0 Å². The standard InChI is InChI=1S/C12H22N2O3/c1-8(2)10(11(15)16)13-12(17)14-6-4-5-9(3)7-14/h8-10H,4-7H2,1-3H3,(H,13,17)(H,15,16)/t9?,10-/m0/s1. The number of urea groups is 1. The van der Waals surface area contributed by atoms with Gasteiger partial charge in [0, 0.05) is 13.1 Å². The third-order valence-electron chi connectivity index (χ3n) is 3.16. The third-order valence-corrected chi connectivity index (χ3v) is 3.16. The van der Waals surface area contributed by atoms with Gasteiger partial charge in [0.05, 0.1) is 0 Å². The van der Waals surface area contributed by atoms with Crippen molar-refractivity contribution in [3.05, 3.63) is 0 Å². The largest absolute Gasteiger partial charge is 0.480 e. The van der Waals surface area contributed by atoms with E-state index in [0.717, 1.165) is 25.9 Å². The van der Waals surface area contributed by atoms with Gasteiger partial charge < -0.3 is 15.3 Å². The maximum atomic E-state index is 11.9. The molecule has 1 aliphatic rings. The van der Waals surface area contributed by atoms with Crippen LogP contribution < -0.4 is 5.32 Å². The van der Waals surface area contributed by atoms with E-state index in [-0.39, 0.29) is 11.9 Å². The molecule has 0 aromatic heterocycles. The molecule has 0 radical (unpaired) electrons. The van der Waals surface area contributed by atoms with Crippen molar-refractivity contribution in [2.24, 2.45) is 11.8 Å². The van der Waals surface area contributed by atoms with Crippen LogP contribution in [-0.2, 0) is 4.79 Å². The first-order valence-corrected chi connectivity index (χ1v) is 6.20. The van der Waals surface area contributed by atoms with Gasteiger partial charge in [-0.3, -0.25) is 0 Å². The normalized spacial score (nSPS) is 22.4. The van der Waals surface area contributed by atoms with Crippen LogP contribution in [-0.4, -0.2) is 41.1 Å². The van der Waals surface area contributed by atoms with Crippen LogP contribution in [0.3, 0.4) is 0 Å². The third kappa shape index (κ3) is 3.91. The molecule has 17 heavy (non-hydrogen) atoms. The highest BCUT2D eigenvalue weighted by Crippen LogP contribution is 2.15. The highest BCUT2D eigenvalue weighted by Gasteiger charge is 2.27. The van der Waals surface area contributed by atoms with E-state index < -0.39 is 12.0 Å². The Balaban J connectivity index is 2.54. The lowest BCUT2D eigenvalue weighted by molar-refractivity contribution is -0.140. The zero-order valence-corrected chi connectivity index (χ0v) is 10.8. The molecule has 0 aliphatic carbocycles. The predicted molar refractivity (Wildman–Crippen MR) is 64.8 cm³/mol. The minimum absolute atomic E-state index is 0.112. The summed E-state index contributed by atoms with van der Waals surface area (Å²) in [6.45, 7) is 7.13. The highest BCUT2D eigenvalue weighted by atomic mass is 16.4. The van der Waals surface area contributed by atoms with Crippen LogP contribution in [0.15, 0.2) is 0 Å². The average Bonchev–Trinajstić information content (AvgIpc) is 2.24. The zero-order chi connectivity index (χ0) is 13.0. The summed E-state index contributed by atoms with van der Waals surface area (Å²) < 4.78 is 0. The predicted octanol–water partition coefficient (Wildman–Crippen LogP) is 1.54. The van der Waals surface area contributed by atoms with Gasteiger partial charge >= 0.3 is 12.0 Å². The Bertz CT molecular complexity index is 291. The molecule has 1 saturated heterocycles. The van der Waals surface area contributed by atoms with Crippen molar-refractivity contribution in [1.29, 1.82) is 0 Å². The van der Waals surface area contributed by atoms with E-state index in [1.807, 2.05) is 0 Å². The zero-order valence-electron chi connectivity index (χ0n) is 10.8. The van der Waals surface area contributed by atoms with Crippen LogP contribution in [0.1, 0.15) is 33.6 Å². The van der Waals surface area contributed by atoms with Gasteiger partial charge in [-0.2, -0.15) is 0 Å². The number of piperidine rings is 1. The van der Waals surface area contributed by atoms with Crippen LogP contribution in [0.4, 0.5) is 4.79 Å². The fourth-order valence-corrected chi connectivity index (χ4v) is 2.11. The Labute approximate surface area is 102 Å². The molecule has 2 atom stereocenters. The molecule has 1 fully saturated rings. The van der Waals surface area contributed by atoms with Gasteiger partial charge in [-0.05, 0) is 24.7 Å². The van der Waals surface area contributed by atoms with Crippen molar-refractivity contribution in [3.63, 3.8) is 0 Å². The van der Waals surface area contributed by atoms with Crippen molar-refractivity contribution in [2.45, 2.75) is 39.7 Å². The average molecular weight is 242 g/mol. The first kappa shape index (κ1) is 13.8. The summed E-state index contributed by atoms with van der Waals surface area (Å²) >= 11 is 0. The Morgan fingerprint density at radius 2 is 2.06 bits per heavy atom. The molecular weight excluding hydrogens is 220 g/mol. The molecule has 1 aliphatic heterocycles. The van der Waals surface area contributed by atoms with Crippen LogP contribution in [0, 0.1) is 11.8 Å². The summed E-state index contributed by atoms with van der Waals surface area (Å²) in [6, 6.07) is -1.06. The lowest BCUT2D eigenvalue weighted by atomic mass is 10.0.